The highest BCUT2D eigenvalue weighted by Gasteiger charge is 2.45. The Balaban J connectivity index is 2.01. The van der Waals surface area contributed by atoms with E-state index in [1.54, 1.807) is 0 Å². The molecule has 0 nitrogen and oxygen atoms in total. The quantitative estimate of drug-likeness (QED) is 0.318. The zero-order valence-electron chi connectivity index (χ0n) is 15.9. The Bertz CT molecular complexity index is 947. The summed E-state index contributed by atoms with van der Waals surface area (Å²) in [7, 11) is -1.85. The first kappa shape index (κ1) is 19.1. The SMILES string of the molecule is Cc1ccc(C[P+](c2ccccc2)(c2ccccc2)c2ccccc2)c(Br)c1. The van der Waals surface area contributed by atoms with Crippen LogP contribution < -0.4 is 15.9 Å². The second kappa shape index (κ2) is 8.43. The van der Waals surface area contributed by atoms with E-state index < -0.39 is 7.26 Å². The minimum Gasteiger partial charge on any atom is -0.0620 e. The highest BCUT2D eigenvalue weighted by Crippen LogP contribution is 2.58. The first-order valence-corrected chi connectivity index (χ1v) is 12.3. The molecule has 0 spiro atoms. The van der Waals surface area contributed by atoms with Crippen molar-refractivity contribution in [3.63, 3.8) is 0 Å². The molecular formula is C26H23BrP+. The van der Waals surface area contributed by atoms with Crippen molar-refractivity contribution >= 4 is 39.1 Å². The summed E-state index contributed by atoms with van der Waals surface area (Å²) in [6.45, 7) is 2.14. The van der Waals surface area contributed by atoms with E-state index in [2.05, 4.69) is 132 Å². The number of hydrogen-bond donors (Lipinski definition) is 0. The number of hydrogen-bond acceptors (Lipinski definition) is 0. The fourth-order valence-corrected chi connectivity index (χ4v) is 8.93. The molecule has 0 N–H and O–H groups in total. The molecule has 0 heterocycles. The van der Waals surface area contributed by atoms with Gasteiger partial charge in [0.05, 0.1) is 6.16 Å². The van der Waals surface area contributed by atoms with E-state index in [1.165, 1.54) is 31.5 Å². The lowest BCUT2D eigenvalue weighted by Crippen LogP contribution is -2.32. The average Bonchev–Trinajstić information content (AvgIpc) is 2.75. The summed E-state index contributed by atoms with van der Waals surface area (Å²) >= 11 is 3.84. The fraction of sp³-hybridized carbons (Fsp3) is 0.0769. The Labute approximate surface area is 176 Å². The van der Waals surface area contributed by atoms with Crippen LogP contribution in [0.2, 0.25) is 0 Å². The predicted molar refractivity (Wildman–Crippen MR) is 128 cm³/mol. The molecule has 0 aliphatic rings. The Morgan fingerprint density at radius 3 is 1.43 bits per heavy atom. The van der Waals surface area contributed by atoms with E-state index >= 15 is 0 Å². The summed E-state index contributed by atoms with van der Waals surface area (Å²) in [6, 6.07) is 39.9. The van der Waals surface area contributed by atoms with Gasteiger partial charge in [-0.25, -0.2) is 0 Å². The van der Waals surface area contributed by atoms with Crippen molar-refractivity contribution in [2.75, 3.05) is 0 Å². The normalized spacial score (nSPS) is 11.4. The van der Waals surface area contributed by atoms with Crippen LogP contribution in [0.25, 0.3) is 0 Å². The van der Waals surface area contributed by atoms with Crippen molar-refractivity contribution in [2.24, 2.45) is 0 Å². The third-order valence-electron chi connectivity index (χ3n) is 5.21. The molecule has 4 rings (SSSR count). The molecule has 0 saturated carbocycles. The van der Waals surface area contributed by atoms with Crippen LogP contribution in [0.4, 0.5) is 0 Å². The van der Waals surface area contributed by atoms with Gasteiger partial charge in [0.1, 0.15) is 23.2 Å². The molecule has 0 unspecified atom stereocenters. The standard InChI is InChI=1S/C26H23BrP/c1-21-17-18-22(26(27)19-21)20-28(23-11-5-2-6-12-23,24-13-7-3-8-14-24)25-15-9-4-10-16-25/h2-19H,20H2,1H3/q+1. The Morgan fingerprint density at radius 1 is 0.607 bits per heavy atom. The minimum absolute atomic E-state index is 0.992. The largest absolute Gasteiger partial charge is 0.116 e. The summed E-state index contributed by atoms with van der Waals surface area (Å²) in [4.78, 5) is 0. The lowest BCUT2D eigenvalue weighted by Gasteiger charge is -2.28. The smallest absolute Gasteiger partial charge is 0.0620 e. The van der Waals surface area contributed by atoms with Crippen molar-refractivity contribution in [1.29, 1.82) is 0 Å². The summed E-state index contributed by atoms with van der Waals surface area (Å²) < 4.78 is 1.19. The van der Waals surface area contributed by atoms with E-state index in [4.69, 9.17) is 0 Å². The maximum atomic E-state index is 3.84. The number of benzene rings is 4. The molecule has 4 aromatic carbocycles. The molecule has 0 aliphatic heterocycles. The molecule has 0 atom stereocenters. The Morgan fingerprint density at radius 2 is 1.04 bits per heavy atom. The van der Waals surface area contributed by atoms with Gasteiger partial charge in [-0.1, -0.05) is 82.7 Å². The van der Waals surface area contributed by atoms with Crippen LogP contribution in [-0.2, 0) is 6.16 Å². The molecule has 138 valence electrons. The van der Waals surface area contributed by atoms with Gasteiger partial charge < -0.3 is 0 Å². The van der Waals surface area contributed by atoms with Crippen molar-refractivity contribution in [3.8, 4) is 0 Å². The fourth-order valence-electron chi connectivity index (χ4n) is 3.80. The first-order valence-electron chi connectivity index (χ1n) is 9.50. The topological polar surface area (TPSA) is 0 Å². The van der Waals surface area contributed by atoms with Crippen LogP contribution in [0.15, 0.2) is 114 Å². The van der Waals surface area contributed by atoms with Gasteiger partial charge in [0, 0.05) is 10.0 Å². The summed E-state index contributed by atoms with van der Waals surface area (Å²) in [5.74, 6) is 0. The van der Waals surface area contributed by atoms with Gasteiger partial charge >= 0.3 is 0 Å². The predicted octanol–water partition coefficient (Wildman–Crippen LogP) is 6.25. The van der Waals surface area contributed by atoms with Gasteiger partial charge in [-0.15, -0.1) is 0 Å². The minimum atomic E-state index is -1.85. The Kier molecular flexibility index (Phi) is 5.76. The first-order chi connectivity index (χ1) is 13.7. The van der Waals surface area contributed by atoms with Gasteiger partial charge in [0.2, 0.25) is 0 Å². The van der Waals surface area contributed by atoms with Crippen LogP contribution in [0.5, 0.6) is 0 Å². The second-order valence-electron chi connectivity index (χ2n) is 7.07. The van der Waals surface area contributed by atoms with Gasteiger partial charge in [-0.2, -0.15) is 0 Å². The average molecular weight is 446 g/mol. The van der Waals surface area contributed by atoms with E-state index in [1.807, 2.05) is 0 Å². The van der Waals surface area contributed by atoms with Crippen LogP contribution in [0, 0.1) is 6.92 Å². The lowest BCUT2D eigenvalue weighted by molar-refractivity contribution is 1.32. The second-order valence-corrected chi connectivity index (χ2v) is 11.4. The third-order valence-corrected chi connectivity index (χ3v) is 10.3. The molecule has 0 aliphatic carbocycles. The molecule has 0 amide bonds. The van der Waals surface area contributed by atoms with Crippen LogP contribution >= 0.6 is 23.2 Å². The van der Waals surface area contributed by atoms with E-state index in [-0.39, 0.29) is 0 Å². The van der Waals surface area contributed by atoms with Crippen molar-refractivity contribution < 1.29 is 0 Å². The summed E-state index contributed by atoms with van der Waals surface area (Å²) in [5.41, 5.74) is 2.63. The van der Waals surface area contributed by atoms with Crippen molar-refractivity contribution in [1.82, 2.24) is 0 Å². The van der Waals surface area contributed by atoms with Crippen LogP contribution in [0.3, 0.4) is 0 Å². The van der Waals surface area contributed by atoms with Gasteiger partial charge in [-0.05, 0) is 55.0 Å². The molecule has 4 aromatic rings. The van der Waals surface area contributed by atoms with Gasteiger partial charge in [0.15, 0.2) is 0 Å². The van der Waals surface area contributed by atoms with Gasteiger partial charge in [0.25, 0.3) is 0 Å². The van der Waals surface area contributed by atoms with E-state index in [9.17, 15) is 0 Å². The molecule has 0 bridgehead atoms. The molecule has 0 saturated heterocycles. The number of rotatable bonds is 5. The van der Waals surface area contributed by atoms with E-state index in [0.717, 1.165) is 6.16 Å². The number of halogens is 1. The molecule has 28 heavy (non-hydrogen) atoms. The summed E-state index contributed by atoms with van der Waals surface area (Å²) in [5, 5.41) is 4.25. The monoisotopic (exact) mass is 445 g/mol. The zero-order valence-corrected chi connectivity index (χ0v) is 18.4. The molecule has 0 aromatic heterocycles. The maximum Gasteiger partial charge on any atom is 0.116 e. The van der Waals surface area contributed by atoms with Crippen LogP contribution in [-0.4, -0.2) is 0 Å². The molecule has 2 heteroatoms. The van der Waals surface area contributed by atoms with E-state index in [0.29, 0.717) is 0 Å². The molecule has 0 fully saturated rings. The zero-order chi connectivity index (χ0) is 19.4. The highest BCUT2D eigenvalue weighted by atomic mass is 79.9. The third kappa shape index (κ3) is 3.70. The van der Waals surface area contributed by atoms with Gasteiger partial charge in [-0.3, -0.25) is 0 Å². The summed E-state index contributed by atoms with van der Waals surface area (Å²) in [6.07, 6.45) is 0.992. The van der Waals surface area contributed by atoms with Crippen molar-refractivity contribution in [2.45, 2.75) is 13.1 Å². The maximum absolute atomic E-state index is 3.84. The molecular weight excluding hydrogens is 423 g/mol. The number of aryl methyl sites for hydroxylation is 1. The Hall–Kier alpha value is -2.21. The van der Waals surface area contributed by atoms with Crippen molar-refractivity contribution in [3.05, 3.63) is 125 Å². The molecule has 0 radical (unpaired) electrons. The van der Waals surface area contributed by atoms with Crippen LogP contribution in [0.1, 0.15) is 11.1 Å². The highest BCUT2D eigenvalue weighted by molar-refractivity contribution is 9.10. The lowest BCUT2D eigenvalue weighted by atomic mass is 10.2.